The van der Waals surface area contributed by atoms with Gasteiger partial charge in [-0.3, -0.25) is 4.79 Å². The number of anilines is 3. The molecular formula is C26H24N2O3S2. The summed E-state index contributed by atoms with van der Waals surface area (Å²) in [5.74, 6) is -0.310. The van der Waals surface area contributed by atoms with Crippen LogP contribution in [-0.4, -0.2) is 14.2 Å². The molecule has 1 heterocycles. The van der Waals surface area contributed by atoms with Gasteiger partial charge in [0, 0.05) is 11.3 Å². The summed E-state index contributed by atoms with van der Waals surface area (Å²) >= 11 is 1.06. The summed E-state index contributed by atoms with van der Waals surface area (Å²) in [6.07, 6.45) is 0. The topological polar surface area (TPSA) is 89.3 Å². The molecule has 0 saturated heterocycles. The molecule has 3 N–H and O–H groups in total. The van der Waals surface area contributed by atoms with Gasteiger partial charge in [-0.2, -0.15) is 0 Å². The zero-order valence-electron chi connectivity index (χ0n) is 18.5. The molecule has 5 nitrogen and oxygen atoms in total. The third-order valence-corrected chi connectivity index (χ3v) is 8.32. The maximum atomic E-state index is 13.6. The zero-order chi connectivity index (χ0) is 23.8. The van der Waals surface area contributed by atoms with Crippen molar-refractivity contribution >= 4 is 43.3 Å². The SMILES string of the molecule is Cc1ccc(C(=O)c2sc(Nc3cc(C)cc(C)c3)c(S(=O)(=O)c3ccccc3)c2N)cc1. The molecule has 0 aliphatic carbocycles. The number of carbonyl (C=O) groups excluding carboxylic acids is 1. The van der Waals surface area contributed by atoms with E-state index in [1.54, 1.807) is 30.3 Å². The van der Waals surface area contributed by atoms with Crippen molar-refractivity contribution in [3.05, 3.63) is 99.9 Å². The van der Waals surface area contributed by atoms with Gasteiger partial charge in [-0.15, -0.1) is 11.3 Å². The summed E-state index contributed by atoms with van der Waals surface area (Å²) in [4.78, 5) is 13.5. The molecule has 3 aromatic carbocycles. The predicted octanol–water partition coefficient (Wildman–Crippen LogP) is 6.06. The average molecular weight is 477 g/mol. The number of rotatable bonds is 6. The van der Waals surface area contributed by atoms with Gasteiger partial charge in [0.2, 0.25) is 15.6 Å². The number of nitrogens with one attached hydrogen (secondary N) is 1. The first-order valence-corrected chi connectivity index (χ1v) is 12.7. The second-order valence-corrected chi connectivity index (χ2v) is 10.9. The highest BCUT2D eigenvalue weighted by Gasteiger charge is 2.31. The third kappa shape index (κ3) is 4.55. The number of carbonyl (C=O) groups is 1. The number of hydrogen-bond acceptors (Lipinski definition) is 6. The van der Waals surface area contributed by atoms with Gasteiger partial charge < -0.3 is 11.1 Å². The first-order valence-electron chi connectivity index (χ1n) is 10.4. The zero-order valence-corrected chi connectivity index (χ0v) is 20.2. The van der Waals surface area contributed by atoms with Gasteiger partial charge in [0.05, 0.1) is 10.6 Å². The number of ketones is 1. The summed E-state index contributed by atoms with van der Waals surface area (Å²) in [5.41, 5.74) is 10.6. The first-order chi connectivity index (χ1) is 15.7. The fourth-order valence-electron chi connectivity index (χ4n) is 3.68. The summed E-state index contributed by atoms with van der Waals surface area (Å²) in [5, 5.41) is 3.53. The van der Waals surface area contributed by atoms with Crippen LogP contribution in [0.15, 0.2) is 82.6 Å². The second-order valence-electron chi connectivity index (χ2n) is 8.02. The van der Waals surface area contributed by atoms with Crippen LogP contribution in [0.1, 0.15) is 31.9 Å². The van der Waals surface area contributed by atoms with Gasteiger partial charge >= 0.3 is 0 Å². The molecule has 0 aliphatic rings. The smallest absolute Gasteiger partial charge is 0.211 e. The van der Waals surface area contributed by atoms with Crippen LogP contribution in [0.3, 0.4) is 0 Å². The summed E-state index contributed by atoms with van der Waals surface area (Å²) in [7, 11) is -3.97. The van der Waals surface area contributed by atoms with Crippen LogP contribution in [0.2, 0.25) is 0 Å². The molecule has 7 heteroatoms. The first kappa shape index (κ1) is 22.8. The number of nitrogen functional groups attached to an aromatic ring is 1. The predicted molar refractivity (Wildman–Crippen MR) is 134 cm³/mol. The van der Waals surface area contributed by atoms with Gasteiger partial charge in [-0.1, -0.05) is 54.1 Å². The van der Waals surface area contributed by atoms with Crippen LogP contribution >= 0.6 is 11.3 Å². The van der Waals surface area contributed by atoms with Crippen molar-refractivity contribution in [2.24, 2.45) is 0 Å². The van der Waals surface area contributed by atoms with E-state index in [1.807, 2.05) is 51.1 Å². The third-order valence-electron chi connectivity index (χ3n) is 5.22. The van der Waals surface area contributed by atoms with E-state index in [2.05, 4.69) is 5.32 Å². The molecule has 168 valence electrons. The van der Waals surface area contributed by atoms with Crippen LogP contribution in [0.5, 0.6) is 0 Å². The Hall–Kier alpha value is -3.42. The van der Waals surface area contributed by atoms with Crippen LogP contribution in [0, 0.1) is 20.8 Å². The standard InChI is InChI=1S/C26H24N2O3S2/c1-16-9-11-19(12-10-16)23(29)24-22(27)25(33(30,31)21-7-5-4-6-8-21)26(32-24)28-20-14-17(2)13-18(3)15-20/h4-15,28H,27H2,1-3H3. The minimum Gasteiger partial charge on any atom is -0.396 e. The number of nitrogens with two attached hydrogens (primary N) is 1. The average Bonchev–Trinajstić information content (AvgIpc) is 3.10. The van der Waals surface area contributed by atoms with E-state index in [0.717, 1.165) is 33.7 Å². The summed E-state index contributed by atoms with van der Waals surface area (Å²) < 4.78 is 27.2. The maximum absolute atomic E-state index is 13.6. The number of benzene rings is 3. The van der Waals surface area contributed by atoms with Crippen molar-refractivity contribution in [2.45, 2.75) is 30.6 Å². The lowest BCUT2D eigenvalue weighted by Crippen LogP contribution is -2.08. The molecule has 0 radical (unpaired) electrons. The molecule has 0 bridgehead atoms. The quantitative estimate of drug-likeness (QED) is 0.330. The largest absolute Gasteiger partial charge is 0.396 e. The van der Waals surface area contributed by atoms with Crippen molar-refractivity contribution in [1.82, 2.24) is 0 Å². The lowest BCUT2D eigenvalue weighted by Gasteiger charge is -2.11. The molecule has 33 heavy (non-hydrogen) atoms. The van der Waals surface area contributed by atoms with Crippen LogP contribution in [0.4, 0.5) is 16.4 Å². The monoisotopic (exact) mass is 476 g/mol. The Morgan fingerprint density at radius 3 is 2.06 bits per heavy atom. The van der Waals surface area contributed by atoms with E-state index in [-0.39, 0.29) is 26.1 Å². The normalized spacial score (nSPS) is 11.4. The van der Waals surface area contributed by atoms with E-state index in [1.165, 1.54) is 12.1 Å². The Labute approximate surface area is 197 Å². The molecule has 0 atom stereocenters. The molecule has 0 unspecified atom stereocenters. The second kappa shape index (κ2) is 8.84. The number of aryl methyl sites for hydroxylation is 3. The van der Waals surface area contributed by atoms with Gasteiger partial charge in [0.25, 0.3) is 0 Å². The Bertz CT molecular complexity index is 1420. The van der Waals surface area contributed by atoms with Crippen molar-refractivity contribution in [3.8, 4) is 0 Å². The maximum Gasteiger partial charge on any atom is 0.211 e. The van der Waals surface area contributed by atoms with E-state index >= 15 is 0 Å². The van der Waals surface area contributed by atoms with Crippen molar-refractivity contribution in [1.29, 1.82) is 0 Å². The highest BCUT2D eigenvalue weighted by atomic mass is 32.2. The summed E-state index contributed by atoms with van der Waals surface area (Å²) in [6, 6.07) is 21.1. The number of sulfone groups is 1. The van der Waals surface area contributed by atoms with E-state index < -0.39 is 9.84 Å². The van der Waals surface area contributed by atoms with Gasteiger partial charge in [-0.05, 0) is 56.2 Å². The van der Waals surface area contributed by atoms with Gasteiger partial charge in [-0.25, -0.2) is 8.42 Å². The fourth-order valence-corrected chi connectivity index (χ4v) is 6.63. The molecule has 4 rings (SSSR count). The molecule has 0 spiro atoms. The highest BCUT2D eigenvalue weighted by Crippen LogP contribution is 2.44. The highest BCUT2D eigenvalue weighted by molar-refractivity contribution is 7.92. The molecule has 1 aromatic heterocycles. The minimum absolute atomic E-state index is 0.0405. The summed E-state index contributed by atoms with van der Waals surface area (Å²) in [6.45, 7) is 5.87. The number of thiophene rings is 1. The Balaban J connectivity index is 1.89. The molecule has 0 amide bonds. The lowest BCUT2D eigenvalue weighted by atomic mass is 10.1. The Morgan fingerprint density at radius 1 is 0.848 bits per heavy atom. The molecule has 4 aromatic rings. The fraction of sp³-hybridized carbons (Fsp3) is 0.115. The Kier molecular flexibility index (Phi) is 6.10. The van der Waals surface area contributed by atoms with E-state index in [0.29, 0.717) is 10.6 Å². The van der Waals surface area contributed by atoms with Crippen molar-refractivity contribution in [3.63, 3.8) is 0 Å². The van der Waals surface area contributed by atoms with Crippen LogP contribution in [-0.2, 0) is 9.84 Å². The Morgan fingerprint density at radius 2 is 1.45 bits per heavy atom. The van der Waals surface area contributed by atoms with Gasteiger partial charge in [0.15, 0.2) is 0 Å². The minimum atomic E-state index is -3.97. The van der Waals surface area contributed by atoms with Crippen LogP contribution < -0.4 is 11.1 Å². The molecular weight excluding hydrogens is 452 g/mol. The molecule has 0 saturated carbocycles. The lowest BCUT2D eigenvalue weighted by molar-refractivity contribution is 0.104. The van der Waals surface area contributed by atoms with E-state index in [4.69, 9.17) is 5.73 Å². The van der Waals surface area contributed by atoms with E-state index in [9.17, 15) is 13.2 Å². The van der Waals surface area contributed by atoms with Crippen molar-refractivity contribution < 1.29 is 13.2 Å². The van der Waals surface area contributed by atoms with Crippen molar-refractivity contribution in [2.75, 3.05) is 11.1 Å². The van der Waals surface area contributed by atoms with Crippen LogP contribution in [0.25, 0.3) is 0 Å². The number of hydrogen-bond donors (Lipinski definition) is 2. The molecule has 0 aliphatic heterocycles. The van der Waals surface area contributed by atoms with Gasteiger partial charge in [0.1, 0.15) is 14.8 Å². The molecule has 0 fully saturated rings.